The molecule has 0 aliphatic carbocycles. The van der Waals surface area contributed by atoms with Gasteiger partial charge in [0.05, 0.1) is 22.6 Å². The van der Waals surface area contributed by atoms with Gasteiger partial charge in [-0.15, -0.1) is 11.6 Å². The lowest BCUT2D eigenvalue weighted by molar-refractivity contribution is -0.122. The highest BCUT2D eigenvalue weighted by Gasteiger charge is 2.56. The first-order valence-corrected chi connectivity index (χ1v) is 7.98. The summed E-state index contributed by atoms with van der Waals surface area (Å²) in [4.78, 5) is 10.7. The number of amides is 1. The van der Waals surface area contributed by atoms with E-state index in [2.05, 4.69) is 15.5 Å². The van der Waals surface area contributed by atoms with Crippen LogP contribution in [0, 0.1) is 0 Å². The number of carbonyl (C=O) groups is 1. The Hall–Kier alpha value is -1.27. The molecular formula is C13H16ClN3O2S. The molecular weight excluding hydrogens is 298 g/mol. The molecule has 0 radical (unpaired) electrons. The SMILES string of the molecule is CNC(=O)[C@@]1([S@](=O)Cc2ccccc2)N=N[C@@H](C)[C@@H]1Cl. The summed E-state index contributed by atoms with van der Waals surface area (Å²) in [5, 5.41) is 9.70. The molecule has 0 saturated heterocycles. The van der Waals surface area contributed by atoms with Crippen molar-refractivity contribution in [3.63, 3.8) is 0 Å². The maximum absolute atomic E-state index is 12.7. The van der Waals surface area contributed by atoms with E-state index in [0.29, 0.717) is 0 Å². The fourth-order valence-corrected chi connectivity index (χ4v) is 4.18. The van der Waals surface area contributed by atoms with E-state index >= 15 is 0 Å². The fourth-order valence-electron chi connectivity index (χ4n) is 2.08. The van der Waals surface area contributed by atoms with Gasteiger partial charge in [-0.2, -0.15) is 10.2 Å². The van der Waals surface area contributed by atoms with Crippen LogP contribution in [-0.4, -0.2) is 33.5 Å². The average Bonchev–Trinajstić information content (AvgIpc) is 2.76. The zero-order valence-corrected chi connectivity index (χ0v) is 12.8. The van der Waals surface area contributed by atoms with Crippen molar-refractivity contribution in [2.75, 3.05) is 7.05 Å². The van der Waals surface area contributed by atoms with Crippen LogP contribution in [0.25, 0.3) is 0 Å². The summed E-state index contributed by atoms with van der Waals surface area (Å²) in [6.07, 6.45) is 0. The number of halogens is 1. The van der Waals surface area contributed by atoms with Gasteiger partial charge in [0.15, 0.2) is 0 Å². The molecule has 5 nitrogen and oxygen atoms in total. The number of nitrogens with one attached hydrogen (secondary N) is 1. The summed E-state index contributed by atoms with van der Waals surface area (Å²) in [6.45, 7) is 1.76. The molecule has 20 heavy (non-hydrogen) atoms. The van der Waals surface area contributed by atoms with Crippen LogP contribution in [-0.2, 0) is 21.3 Å². The van der Waals surface area contributed by atoms with Crippen molar-refractivity contribution in [3.8, 4) is 0 Å². The Morgan fingerprint density at radius 2 is 2.10 bits per heavy atom. The zero-order chi connectivity index (χ0) is 14.8. The van der Waals surface area contributed by atoms with Crippen LogP contribution < -0.4 is 5.32 Å². The fraction of sp³-hybridized carbons (Fsp3) is 0.462. The molecule has 1 amide bonds. The normalized spacial score (nSPS) is 30.1. The second kappa shape index (κ2) is 6.01. The average molecular weight is 314 g/mol. The minimum atomic E-state index is -1.59. The molecule has 2 rings (SSSR count). The Balaban J connectivity index is 2.31. The summed E-state index contributed by atoms with van der Waals surface area (Å²) in [5.74, 6) is -0.247. The van der Waals surface area contributed by atoms with Gasteiger partial charge >= 0.3 is 0 Å². The van der Waals surface area contributed by atoms with Gasteiger partial charge < -0.3 is 5.32 Å². The van der Waals surface area contributed by atoms with Crippen LogP contribution in [0.1, 0.15) is 12.5 Å². The number of hydrogen-bond acceptors (Lipinski definition) is 4. The third kappa shape index (κ3) is 2.50. The van der Waals surface area contributed by atoms with Crippen molar-refractivity contribution in [2.24, 2.45) is 10.2 Å². The lowest BCUT2D eigenvalue weighted by atomic mass is 10.1. The maximum Gasteiger partial charge on any atom is 0.264 e. The van der Waals surface area contributed by atoms with Crippen molar-refractivity contribution in [1.29, 1.82) is 0 Å². The van der Waals surface area contributed by atoms with E-state index in [4.69, 9.17) is 11.6 Å². The number of rotatable bonds is 4. The molecule has 1 aliphatic rings. The summed E-state index contributed by atoms with van der Waals surface area (Å²) in [7, 11) is -0.112. The maximum atomic E-state index is 12.7. The topological polar surface area (TPSA) is 70.9 Å². The third-order valence-corrected chi connectivity index (χ3v) is 5.85. The first-order valence-electron chi connectivity index (χ1n) is 6.23. The van der Waals surface area contributed by atoms with E-state index < -0.39 is 27.0 Å². The van der Waals surface area contributed by atoms with E-state index in [0.717, 1.165) is 5.56 Å². The van der Waals surface area contributed by atoms with E-state index in [-0.39, 0.29) is 11.8 Å². The highest BCUT2D eigenvalue weighted by atomic mass is 35.5. The van der Waals surface area contributed by atoms with E-state index in [1.54, 1.807) is 6.92 Å². The molecule has 108 valence electrons. The van der Waals surface area contributed by atoms with Crippen molar-refractivity contribution >= 4 is 28.3 Å². The van der Waals surface area contributed by atoms with Gasteiger partial charge in [0, 0.05) is 7.05 Å². The molecule has 4 atom stereocenters. The van der Waals surface area contributed by atoms with Gasteiger partial charge in [-0.3, -0.25) is 9.00 Å². The Labute approximate surface area is 125 Å². The molecule has 7 heteroatoms. The van der Waals surface area contributed by atoms with Crippen molar-refractivity contribution in [3.05, 3.63) is 35.9 Å². The molecule has 1 N–H and O–H groups in total. The van der Waals surface area contributed by atoms with Crippen LogP contribution in [0.3, 0.4) is 0 Å². The van der Waals surface area contributed by atoms with Gasteiger partial charge in [0.25, 0.3) is 10.8 Å². The van der Waals surface area contributed by atoms with Crippen LogP contribution in [0.4, 0.5) is 0 Å². The molecule has 1 heterocycles. The van der Waals surface area contributed by atoms with E-state index in [9.17, 15) is 9.00 Å². The second-order valence-corrected chi connectivity index (χ2v) is 6.68. The third-order valence-electron chi connectivity index (χ3n) is 3.23. The van der Waals surface area contributed by atoms with Gasteiger partial charge in [-0.25, -0.2) is 0 Å². The standard InChI is InChI=1S/C13H16ClN3O2S/c1-9-11(14)13(17-16-9,12(18)15-2)20(19)8-10-6-4-3-5-7-10/h3-7,9,11H,8H2,1-2H3,(H,15,18)/t9-,11-,13+,20+/m0/s1. The van der Waals surface area contributed by atoms with Crippen LogP contribution >= 0.6 is 11.6 Å². The van der Waals surface area contributed by atoms with Gasteiger partial charge in [0.1, 0.15) is 5.38 Å². The van der Waals surface area contributed by atoms with Crippen molar-refractivity contribution in [2.45, 2.75) is 29.0 Å². The zero-order valence-electron chi connectivity index (χ0n) is 11.2. The lowest BCUT2D eigenvalue weighted by Crippen LogP contribution is -2.54. The first-order chi connectivity index (χ1) is 9.52. The second-order valence-electron chi connectivity index (χ2n) is 4.61. The largest absolute Gasteiger partial charge is 0.356 e. The predicted octanol–water partition coefficient (Wildman–Crippen LogP) is 1.84. The minimum absolute atomic E-state index is 0.212. The number of benzene rings is 1. The molecule has 0 spiro atoms. The Morgan fingerprint density at radius 1 is 1.45 bits per heavy atom. The lowest BCUT2D eigenvalue weighted by Gasteiger charge is -2.26. The van der Waals surface area contributed by atoms with E-state index in [1.165, 1.54) is 7.05 Å². The number of alkyl halides is 1. The number of azo groups is 1. The highest BCUT2D eigenvalue weighted by molar-refractivity contribution is 7.86. The molecule has 1 aromatic rings. The summed E-state index contributed by atoms with van der Waals surface area (Å²) in [6, 6.07) is 8.96. The molecule has 0 unspecified atom stereocenters. The monoisotopic (exact) mass is 313 g/mol. The Bertz CT molecular complexity index is 552. The number of carbonyl (C=O) groups excluding carboxylic acids is 1. The number of nitrogens with zero attached hydrogens (tertiary/aromatic N) is 2. The molecule has 0 bridgehead atoms. The summed E-state index contributed by atoms with van der Waals surface area (Å²) < 4.78 is 12.7. The minimum Gasteiger partial charge on any atom is -0.356 e. The predicted molar refractivity (Wildman–Crippen MR) is 79.0 cm³/mol. The molecule has 1 aromatic carbocycles. The highest BCUT2D eigenvalue weighted by Crippen LogP contribution is 2.36. The van der Waals surface area contributed by atoms with Gasteiger partial charge in [0.2, 0.25) is 0 Å². The van der Waals surface area contributed by atoms with Crippen molar-refractivity contribution in [1.82, 2.24) is 5.32 Å². The molecule has 0 aromatic heterocycles. The number of likely N-dealkylation sites (N-methyl/N-ethyl adjacent to an activating group) is 1. The smallest absolute Gasteiger partial charge is 0.264 e. The van der Waals surface area contributed by atoms with Gasteiger partial charge in [-0.1, -0.05) is 30.3 Å². The van der Waals surface area contributed by atoms with Crippen molar-refractivity contribution < 1.29 is 9.00 Å². The van der Waals surface area contributed by atoms with E-state index in [1.807, 2.05) is 30.3 Å². The summed E-state index contributed by atoms with van der Waals surface area (Å²) in [5.41, 5.74) is 0.868. The molecule has 0 fully saturated rings. The summed E-state index contributed by atoms with van der Waals surface area (Å²) >= 11 is 6.28. The van der Waals surface area contributed by atoms with Crippen LogP contribution in [0.2, 0.25) is 0 Å². The number of hydrogen-bond donors (Lipinski definition) is 1. The van der Waals surface area contributed by atoms with Crippen LogP contribution in [0.15, 0.2) is 40.6 Å². The van der Waals surface area contributed by atoms with Gasteiger partial charge in [-0.05, 0) is 12.5 Å². The first kappa shape index (κ1) is 15.1. The Morgan fingerprint density at radius 3 is 2.60 bits per heavy atom. The molecule has 1 aliphatic heterocycles. The molecule has 0 saturated carbocycles. The quantitative estimate of drug-likeness (QED) is 0.862. The Kier molecular flexibility index (Phi) is 4.55. The van der Waals surface area contributed by atoms with Crippen LogP contribution in [0.5, 0.6) is 0 Å².